The van der Waals surface area contributed by atoms with Gasteiger partial charge >= 0.3 is 0 Å². The minimum Gasteiger partial charge on any atom is -0.507 e. The number of rotatable bonds is 5. The molecule has 1 N–H and O–H groups in total. The molecular formula is C52H51N3O. The van der Waals surface area contributed by atoms with E-state index in [1.54, 1.807) is 0 Å². The Morgan fingerprint density at radius 1 is 0.482 bits per heavy atom. The van der Waals surface area contributed by atoms with Gasteiger partial charge in [0.15, 0.2) is 0 Å². The van der Waals surface area contributed by atoms with Crippen molar-refractivity contribution in [1.82, 2.24) is 14.5 Å². The van der Waals surface area contributed by atoms with E-state index in [0.717, 1.165) is 78.0 Å². The summed E-state index contributed by atoms with van der Waals surface area (Å²) in [6.07, 6.45) is 1.87. The third-order valence-electron chi connectivity index (χ3n) is 11.0. The fourth-order valence-corrected chi connectivity index (χ4v) is 7.76. The molecule has 4 heteroatoms. The Labute approximate surface area is 331 Å². The zero-order valence-electron chi connectivity index (χ0n) is 34.1. The van der Waals surface area contributed by atoms with Crippen LogP contribution in [-0.4, -0.2) is 19.6 Å². The molecule has 0 bridgehead atoms. The van der Waals surface area contributed by atoms with Gasteiger partial charge in [-0.05, 0) is 92.6 Å². The fraction of sp³-hybridized carbons (Fsp3) is 0.231. The highest BCUT2D eigenvalue weighted by Crippen LogP contribution is 2.45. The summed E-state index contributed by atoms with van der Waals surface area (Å²) >= 11 is 0. The summed E-state index contributed by atoms with van der Waals surface area (Å²) in [5.74, 6) is 1.14. The molecule has 8 rings (SSSR count). The standard InChI is InChI=1S/C52H51N3O/c1-50(2,3)38-23-25-40(26-24-38)55-45-22-14-21-41(43-31-39(51(4,5)6)32-44(48(43)56)52(7,8)9)47(45)54-49(55)36-19-13-18-34(28-36)42-30-37(33-16-11-10-12-17-33)29-35-20-15-27-53-46(35)42/h10-32,56H,1-9H3. The highest BCUT2D eigenvalue weighted by molar-refractivity contribution is 6.00. The first-order valence-electron chi connectivity index (χ1n) is 19.6. The van der Waals surface area contributed by atoms with Crippen molar-refractivity contribution in [2.24, 2.45) is 0 Å². The molecule has 56 heavy (non-hydrogen) atoms. The SMILES string of the molecule is CC(C)(C)c1ccc(-n2c(-c3cccc(-c4cc(-c5ccccc5)cc5cccnc45)c3)nc3c(-c4cc(C(C)(C)C)cc(C(C)(C)C)c4O)cccc32)cc1. The third-order valence-corrected chi connectivity index (χ3v) is 11.0. The zero-order valence-corrected chi connectivity index (χ0v) is 34.1. The van der Waals surface area contributed by atoms with Crippen molar-refractivity contribution in [2.45, 2.75) is 78.6 Å². The predicted molar refractivity (Wildman–Crippen MR) is 236 cm³/mol. The van der Waals surface area contributed by atoms with Crippen LogP contribution in [0.4, 0.5) is 0 Å². The van der Waals surface area contributed by atoms with Gasteiger partial charge in [-0.1, -0.05) is 147 Å². The monoisotopic (exact) mass is 733 g/mol. The average molecular weight is 734 g/mol. The van der Waals surface area contributed by atoms with Gasteiger partial charge < -0.3 is 5.11 Å². The van der Waals surface area contributed by atoms with Gasteiger partial charge in [-0.2, -0.15) is 0 Å². The lowest BCUT2D eigenvalue weighted by Gasteiger charge is -2.27. The molecule has 0 unspecified atom stereocenters. The van der Waals surface area contributed by atoms with Crippen molar-refractivity contribution in [2.75, 3.05) is 0 Å². The van der Waals surface area contributed by atoms with E-state index < -0.39 is 0 Å². The topological polar surface area (TPSA) is 50.9 Å². The molecule has 0 saturated heterocycles. The first-order valence-corrected chi connectivity index (χ1v) is 19.6. The smallest absolute Gasteiger partial charge is 0.145 e. The van der Waals surface area contributed by atoms with Crippen LogP contribution in [0.2, 0.25) is 0 Å². The molecule has 2 heterocycles. The molecule has 6 aromatic carbocycles. The molecule has 4 nitrogen and oxygen atoms in total. The molecule has 0 amide bonds. The number of phenolic OH excluding ortho intramolecular Hbond substituents is 1. The Kier molecular flexibility index (Phi) is 9.00. The van der Waals surface area contributed by atoms with Crippen LogP contribution in [0.25, 0.3) is 72.4 Å². The van der Waals surface area contributed by atoms with E-state index in [4.69, 9.17) is 9.97 Å². The van der Waals surface area contributed by atoms with Crippen LogP contribution in [-0.2, 0) is 16.2 Å². The summed E-state index contributed by atoms with van der Waals surface area (Å²) in [6.45, 7) is 19.9. The van der Waals surface area contributed by atoms with Crippen LogP contribution < -0.4 is 0 Å². The van der Waals surface area contributed by atoms with Gasteiger partial charge in [0.25, 0.3) is 0 Å². The summed E-state index contributed by atoms with van der Waals surface area (Å²) in [6, 6.07) is 47.4. The first-order chi connectivity index (χ1) is 26.6. The summed E-state index contributed by atoms with van der Waals surface area (Å²) in [5.41, 5.74) is 14.0. The second-order valence-electron chi connectivity index (χ2n) is 18.2. The minimum atomic E-state index is -0.259. The van der Waals surface area contributed by atoms with Crippen molar-refractivity contribution in [3.8, 4) is 56.2 Å². The lowest BCUT2D eigenvalue weighted by molar-refractivity contribution is 0.446. The van der Waals surface area contributed by atoms with Crippen LogP contribution in [0.15, 0.2) is 140 Å². The number of aromatic hydroxyl groups is 1. The van der Waals surface area contributed by atoms with Crippen molar-refractivity contribution in [3.63, 3.8) is 0 Å². The van der Waals surface area contributed by atoms with E-state index in [1.165, 1.54) is 11.1 Å². The Bertz CT molecular complexity index is 2730. The second kappa shape index (κ2) is 13.6. The van der Waals surface area contributed by atoms with Crippen LogP contribution >= 0.6 is 0 Å². The Hall–Kier alpha value is -6.00. The third kappa shape index (κ3) is 6.79. The molecule has 0 aliphatic heterocycles. The number of phenols is 1. The summed E-state index contributed by atoms with van der Waals surface area (Å²) in [5, 5.41) is 13.2. The number of aromatic nitrogens is 3. The van der Waals surface area contributed by atoms with Gasteiger partial charge in [-0.25, -0.2) is 4.98 Å². The van der Waals surface area contributed by atoms with E-state index in [9.17, 15) is 5.11 Å². The van der Waals surface area contributed by atoms with Crippen LogP contribution in [0.1, 0.15) is 79.0 Å². The van der Waals surface area contributed by atoms with E-state index in [0.29, 0.717) is 5.75 Å². The molecule has 0 aliphatic carbocycles. The van der Waals surface area contributed by atoms with Gasteiger partial charge in [0.2, 0.25) is 0 Å². The maximum atomic E-state index is 12.1. The largest absolute Gasteiger partial charge is 0.507 e. The first kappa shape index (κ1) is 36.9. The Morgan fingerprint density at radius 2 is 1.16 bits per heavy atom. The fourth-order valence-electron chi connectivity index (χ4n) is 7.76. The number of para-hydroxylation sites is 1. The molecule has 0 saturated carbocycles. The number of benzene rings is 6. The zero-order chi connectivity index (χ0) is 39.6. The van der Waals surface area contributed by atoms with Gasteiger partial charge in [0, 0.05) is 45.1 Å². The number of nitrogens with zero attached hydrogens (tertiary/aromatic N) is 3. The van der Waals surface area contributed by atoms with E-state index in [-0.39, 0.29) is 16.2 Å². The highest BCUT2D eigenvalue weighted by Gasteiger charge is 2.27. The molecule has 0 fully saturated rings. The normalized spacial score (nSPS) is 12.4. The Morgan fingerprint density at radius 3 is 1.86 bits per heavy atom. The molecule has 0 spiro atoms. The summed E-state index contributed by atoms with van der Waals surface area (Å²) in [4.78, 5) is 10.4. The van der Waals surface area contributed by atoms with Gasteiger partial charge in [-0.15, -0.1) is 0 Å². The van der Waals surface area contributed by atoms with E-state index in [2.05, 4.69) is 194 Å². The summed E-state index contributed by atoms with van der Waals surface area (Å²) < 4.78 is 2.27. The van der Waals surface area contributed by atoms with Gasteiger partial charge in [-0.3, -0.25) is 9.55 Å². The number of imidazole rings is 1. The maximum absolute atomic E-state index is 12.1. The second-order valence-corrected chi connectivity index (χ2v) is 18.2. The molecular weight excluding hydrogens is 683 g/mol. The molecule has 0 aliphatic rings. The van der Waals surface area contributed by atoms with E-state index in [1.807, 2.05) is 12.3 Å². The molecule has 0 radical (unpaired) electrons. The quantitative estimate of drug-likeness (QED) is 0.192. The molecule has 280 valence electrons. The summed E-state index contributed by atoms with van der Waals surface area (Å²) in [7, 11) is 0. The van der Waals surface area contributed by atoms with Crippen LogP contribution in [0.5, 0.6) is 5.75 Å². The van der Waals surface area contributed by atoms with Crippen LogP contribution in [0.3, 0.4) is 0 Å². The lowest BCUT2D eigenvalue weighted by atomic mass is 9.78. The average Bonchev–Trinajstić information content (AvgIpc) is 3.57. The van der Waals surface area contributed by atoms with Crippen molar-refractivity contribution in [1.29, 1.82) is 0 Å². The maximum Gasteiger partial charge on any atom is 0.145 e. The van der Waals surface area contributed by atoms with Gasteiger partial charge in [0.05, 0.1) is 16.6 Å². The van der Waals surface area contributed by atoms with Crippen LogP contribution in [0, 0.1) is 0 Å². The van der Waals surface area contributed by atoms with Crippen molar-refractivity contribution in [3.05, 3.63) is 156 Å². The van der Waals surface area contributed by atoms with Crippen molar-refractivity contribution < 1.29 is 5.11 Å². The predicted octanol–water partition coefficient (Wildman–Crippen LogP) is 13.8. The molecule has 8 aromatic rings. The van der Waals surface area contributed by atoms with Crippen molar-refractivity contribution >= 4 is 21.9 Å². The lowest BCUT2D eigenvalue weighted by Crippen LogP contribution is -2.17. The number of hydrogen-bond acceptors (Lipinski definition) is 3. The number of hydrogen-bond donors (Lipinski definition) is 1. The van der Waals surface area contributed by atoms with E-state index >= 15 is 0 Å². The molecule has 2 aromatic heterocycles. The number of pyridine rings is 1. The minimum absolute atomic E-state index is 0.0192. The van der Waals surface area contributed by atoms with Gasteiger partial charge in [0.1, 0.15) is 11.6 Å². The molecule has 0 atom stereocenters. The highest BCUT2D eigenvalue weighted by atomic mass is 16.3. The Balaban J connectivity index is 1.39. The number of fused-ring (bicyclic) bond motifs is 2.